The van der Waals surface area contributed by atoms with E-state index in [1.807, 2.05) is 47.9 Å². The van der Waals surface area contributed by atoms with E-state index in [1.54, 1.807) is 13.3 Å². The molecule has 0 spiro atoms. The second-order valence-corrected chi connectivity index (χ2v) is 8.84. The fourth-order valence-corrected chi connectivity index (χ4v) is 4.74. The SMILES string of the molecule is COc1ccc(CC(=O)N2CCC(c3[nH]ncc3C(=O)N3C[C@H](C)O[C@@H](C)C3)CC2)cc1. The van der Waals surface area contributed by atoms with Gasteiger partial charge in [-0.05, 0) is 44.4 Å². The largest absolute Gasteiger partial charge is 0.497 e. The Morgan fingerprint density at radius 2 is 1.75 bits per heavy atom. The number of carbonyl (C=O) groups excluding carboxylic acids is 2. The maximum Gasteiger partial charge on any atom is 0.257 e. The van der Waals surface area contributed by atoms with Crippen LogP contribution in [0.3, 0.4) is 0 Å². The van der Waals surface area contributed by atoms with Crippen molar-refractivity contribution >= 4 is 11.8 Å². The summed E-state index contributed by atoms with van der Waals surface area (Å²) in [5.41, 5.74) is 2.52. The zero-order valence-electron chi connectivity index (χ0n) is 19.0. The van der Waals surface area contributed by atoms with Crippen LogP contribution in [0.15, 0.2) is 30.5 Å². The van der Waals surface area contributed by atoms with Gasteiger partial charge in [0.2, 0.25) is 5.91 Å². The normalized spacial score (nSPS) is 22.1. The lowest BCUT2D eigenvalue weighted by Crippen LogP contribution is -2.48. The fourth-order valence-electron chi connectivity index (χ4n) is 4.74. The highest BCUT2D eigenvalue weighted by Crippen LogP contribution is 2.30. The molecular formula is C24H32N4O4. The van der Waals surface area contributed by atoms with Gasteiger partial charge >= 0.3 is 0 Å². The van der Waals surface area contributed by atoms with Crippen molar-refractivity contribution in [1.82, 2.24) is 20.0 Å². The summed E-state index contributed by atoms with van der Waals surface area (Å²) in [4.78, 5) is 29.7. The van der Waals surface area contributed by atoms with Crippen LogP contribution in [0.25, 0.3) is 0 Å². The van der Waals surface area contributed by atoms with Crippen molar-refractivity contribution in [2.45, 2.75) is 51.2 Å². The molecule has 2 aromatic rings. The minimum Gasteiger partial charge on any atom is -0.497 e. The summed E-state index contributed by atoms with van der Waals surface area (Å²) in [6, 6.07) is 7.61. The van der Waals surface area contributed by atoms with Crippen LogP contribution < -0.4 is 4.74 Å². The van der Waals surface area contributed by atoms with Crippen molar-refractivity contribution in [3.63, 3.8) is 0 Å². The highest BCUT2D eigenvalue weighted by atomic mass is 16.5. The van der Waals surface area contributed by atoms with Crippen LogP contribution in [0.4, 0.5) is 0 Å². The van der Waals surface area contributed by atoms with Crippen molar-refractivity contribution in [2.24, 2.45) is 0 Å². The summed E-state index contributed by atoms with van der Waals surface area (Å²) in [5.74, 6) is 1.12. The minimum atomic E-state index is 0.00811. The van der Waals surface area contributed by atoms with Crippen molar-refractivity contribution < 1.29 is 19.1 Å². The summed E-state index contributed by atoms with van der Waals surface area (Å²) in [7, 11) is 1.63. The summed E-state index contributed by atoms with van der Waals surface area (Å²) < 4.78 is 10.9. The van der Waals surface area contributed by atoms with E-state index >= 15 is 0 Å². The third kappa shape index (κ3) is 4.96. The number of benzene rings is 1. The molecule has 1 N–H and O–H groups in total. The molecule has 8 heteroatoms. The molecule has 8 nitrogen and oxygen atoms in total. The molecular weight excluding hydrogens is 408 g/mol. The van der Waals surface area contributed by atoms with Gasteiger partial charge in [-0.3, -0.25) is 14.7 Å². The number of nitrogens with zero attached hydrogens (tertiary/aromatic N) is 3. The van der Waals surface area contributed by atoms with Gasteiger partial charge in [0, 0.05) is 32.1 Å². The van der Waals surface area contributed by atoms with Crippen molar-refractivity contribution in [1.29, 1.82) is 0 Å². The van der Waals surface area contributed by atoms with E-state index in [0.717, 1.165) is 29.8 Å². The lowest BCUT2D eigenvalue weighted by atomic mass is 9.90. The molecule has 32 heavy (non-hydrogen) atoms. The number of likely N-dealkylation sites (tertiary alicyclic amines) is 1. The number of methoxy groups -OCH3 is 1. The Kier molecular flexibility index (Phi) is 6.79. The standard InChI is InChI=1S/C24H32N4O4/c1-16-14-28(15-17(2)32-16)24(30)21-13-25-26-23(21)19-8-10-27(11-9-19)22(29)12-18-4-6-20(31-3)7-5-18/h4-7,13,16-17,19H,8-12,14-15H2,1-3H3,(H,25,26)/t16-,17-/m0/s1. The Hall–Kier alpha value is -2.87. The van der Waals surface area contributed by atoms with Gasteiger partial charge in [-0.1, -0.05) is 12.1 Å². The van der Waals surface area contributed by atoms with Crippen LogP contribution >= 0.6 is 0 Å². The highest BCUT2D eigenvalue weighted by molar-refractivity contribution is 5.95. The maximum absolute atomic E-state index is 13.2. The van der Waals surface area contributed by atoms with Gasteiger partial charge in [0.1, 0.15) is 5.75 Å². The number of ether oxygens (including phenoxy) is 2. The monoisotopic (exact) mass is 440 g/mol. The molecule has 4 rings (SSSR count). The van der Waals surface area contributed by atoms with Crippen LogP contribution in [0, 0.1) is 0 Å². The van der Waals surface area contributed by atoms with E-state index in [0.29, 0.717) is 38.2 Å². The van der Waals surface area contributed by atoms with E-state index < -0.39 is 0 Å². The number of nitrogens with one attached hydrogen (secondary N) is 1. The van der Waals surface area contributed by atoms with Gasteiger partial charge in [-0.25, -0.2) is 0 Å². The second-order valence-electron chi connectivity index (χ2n) is 8.84. The van der Waals surface area contributed by atoms with E-state index in [-0.39, 0.29) is 29.9 Å². The van der Waals surface area contributed by atoms with Crippen LogP contribution in [0.1, 0.15) is 54.2 Å². The number of rotatable bonds is 5. The molecule has 3 heterocycles. The first-order valence-corrected chi connectivity index (χ1v) is 11.3. The average molecular weight is 441 g/mol. The summed E-state index contributed by atoms with van der Waals surface area (Å²) in [5, 5.41) is 7.25. The van der Waals surface area contributed by atoms with E-state index in [9.17, 15) is 9.59 Å². The van der Waals surface area contributed by atoms with Gasteiger partial charge in [0.25, 0.3) is 5.91 Å². The highest BCUT2D eigenvalue weighted by Gasteiger charge is 2.32. The molecule has 0 aliphatic carbocycles. The number of amides is 2. The van der Waals surface area contributed by atoms with Crippen molar-refractivity contribution in [2.75, 3.05) is 33.3 Å². The predicted octanol–water partition coefficient (Wildman–Crippen LogP) is 2.62. The third-order valence-electron chi connectivity index (χ3n) is 6.38. The smallest absolute Gasteiger partial charge is 0.257 e. The average Bonchev–Trinajstić information content (AvgIpc) is 3.28. The molecule has 2 amide bonds. The summed E-state index contributed by atoms with van der Waals surface area (Å²) >= 11 is 0. The molecule has 2 atom stereocenters. The lowest BCUT2D eigenvalue weighted by molar-refractivity contribution is -0.131. The van der Waals surface area contributed by atoms with Crippen LogP contribution in [0.2, 0.25) is 0 Å². The molecule has 0 saturated carbocycles. The molecule has 1 aromatic carbocycles. The van der Waals surface area contributed by atoms with Gasteiger partial charge in [-0.15, -0.1) is 0 Å². The van der Waals surface area contributed by atoms with Crippen molar-refractivity contribution in [3.05, 3.63) is 47.3 Å². The summed E-state index contributed by atoms with van der Waals surface area (Å²) in [6.07, 6.45) is 3.70. The minimum absolute atomic E-state index is 0.00811. The zero-order valence-corrected chi connectivity index (χ0v) is 19.0. The Balaban J connectivity index is 1.35. The van der Waals surface area contributed by atoms with Gasteiger partial charge in [-0.2, -0.15) is 5.10 Å². The van der Waals surface area contributed by atoms with E-state index in [1.165, 1.54) is 0 Å². The topological polar surface area (TPSA) is 87.8 Å². The Morgan fingerprint density at radius 3 is 2.38 bits per heavy atom. The molecule has 2 fully saturated rings. The van der Waals surface area contributed by atoms with Crippen LogP contribution in [-0.2, 0) is 16.0 Å². The molecule has 2 aliphatic heterocycles. The first kappa shape index (κ1) is 22.3. The number of aromatic amines is 1. The molecule has 0 radical (unpaired) electrons. The summed E-state index contributed by atoms with van der Waals surface area (Å²) in [6.45, 7) is 6.52. The quantitative estimate of drug-likeness (QED) is 0.772. The molecule has 0 unspecified atom stereocenters. The van der Waals surface area contributed by atoms with Gasteiger partial charge in [0.15, 0.2) is 0 Å². The van der Waals surface area contributed by atoms with E-state index in [2.05, 4.69) is 10.2 Å². The lowest BCUT2D eigenvalue weighted by Gasteiger charge is -2.36. The van der Waals surface area contributed by atoms with Crippen LogP contribution in [-0.4, -0.2) is 77.3 Å². The predicted molar refractivity (Wildman–Crippen MR) is 120 cm³/mol. The number of hydrogen-bond donors (Lipinski definition) is 1. The van der Waals surface area contributed by atoms with Crippen molar-refractivity contribution in [3.8, 4) is 5.75 Å². The molecule has 1 aromatic heterocycles. The Labute approximate surface area is 188 Å². The molecule has 2 saturated heterocycles. The van der Waals surface area contributed by atoms with Crippen LogP contribution in [0.5, 0.6) is 5.75 Å². The first-order chi connectivity index (χ1) is 15.4. The Bertz CT molecular complexity index is 924. The number of H-pyrrole nitrogens is 1. The number of piperidine rings is 1. The number of carbonyl (C=O) groups is 2. The van der Waals surface area contributed by atoms with Gasteiger partial charge in [0.05, 0.1) is 43.2 Å². The molecule has 172 valence electrons. The Morgan fingerprint density at radius 1 is 1.09 bits per heavy atom. The number of hydrogen-bond acceptors (Lipinski definition) is 5. The number of morpholine rings is 1. The molecule has 0 bridgehead atoms. The molecule has 2 aliphatic rings. The maximum atomic E-state index is 13.2. The number of aromatic nitrogens is 2. The third-order valence-corrected chi connectivity index (χ3v) is 6.38. The zero-order chi connectivity index (χ0) is 22.7. The fraction of sp³-hybridized carbons (Fsp3) is 0.542. The second kappa shape index (κ2) is 9.73. The van der Waals surface area contributed by atoms with Gasteiger partial charge < -0.3 is 19.3 Å². The van der Waals surface area contributed by atoms with E-state index in [4.69, 9.17) is 9.47 Å². The first-order valence-electron chi connectivity index (χ1n) is 11.3.